The van der Waals surface area contributed by atoms with Crippen molar-refractivity contribution in [1.82, 2.24) is 14.9 Å². The number of ether oxygens (including phenoxy) is 3. The van der Waals surface area contributed by atoms with Crippen molar-refractivity contribution in [3.05, 3.63) is 63.7 Å². The van der Waals surface area contributed by atoms with Crippen molar-refractivity contribution in [3.63, 3.8) is 0 Å². The van der Waals surface area contributed by atoms with Crippen LogP contribution in [0.5, 0.6) is 17.2 Å². The molecule has 0 atom stereocenters. The van der Waals surface area contributed by atoms with Gasteiger partial charge in [-0.15, -0.1) is 0 Å². The van der Waals surface area contributed by atoms with Crippen molar-refractivity contribution >= 4 is 18.4 Å². The van der Waals surface area contributed by atoms with Gasteiger partial charge in [-0.05, 0) is 68.4 Å². The number of aryl methyl sites for hydroxylation is 2. The lowest BCUT2D eigenvalue weighted by atomic mass is 10.1. The van der Waals surface area contributed by atoms with Gasteiger partial charge in [0.1, 0.15) is 12.4 Å². The Hall–Kier alpha value is -3.13. The maximum absolute atomic E-state index is 5.91. The molecule has 29 heavy (non-hydrogen) atoms. The van der Waals surface area contributed by atoms with Crippen LogP contribution in [-0.2, 0) is 6.61 Å². The molecule has 0 spiro atoms. The molecule has 7 nitrogen and oxygen atoms in total. The summed E-state index contributed by atoms with van der Waals surface area (Å²) < 4.78 is 18.8. The van der Waals surface area contributed by atoms with Crippen molar-refractivity contribution in [3.8, 4) is 17.2 Å². The van der Waals surface area contributed by atoms with E-state index in [-0.39, 0.29) is 6.61 Å². The maximum atomic E-state index is 5.91. The number of hydrogen-bond acceptors (Lipinski definition) is 6. The molecule has 1 aromatic heterocycles. The number of hydrogen-bond donors (Lipinski definition) is 1. The molecule has 0 bridgehead atoms. The number of nitrogens with zero attached hydrogens (tertiary/aromatic N) is 3. The maximum Gasteiger partial charge on any atom is 0.216 e. The molecule has 3 rings (SSSR count). The third-order valence-corrected chi connectivity index (χ3v) is 4.48. The Morgan fingerprint density at radius 3 is 2.62 bits per heavy atom. The highest BCUT2D eigenvalue weighted by molar-refractivity contribution is 7.71. The molecular formula is C21H24N4O3S. The summed E-state index contributed by atoms with van der Waals surface area (Å²) in [5, 5.41) is 11.4. The summed E-state index contributed by atoms with van der Waals surface area (Å²) in [6.07, 6.45) is 1.69. The molecule has 8 heteroatoms. The Kier molecular flexibility index (Phi) is 6.66. The minimum Gasteiger partial charge on any atom is -0.493 e. The van der Waals surface area contributed by atoms with Crippen molar-refractivity contribution in [1.29, 1.82) is 0 Å². The van der Waals surface area contributed by atoms with Crippen LogP contribution in [0.25, 0.3) is 0 Å². The van der Waals surface area contributed by atoms with Gasteiger partial charge in [0.2, 0.25) is 4.77 Å². The van der Waals surface area contributed by atoms with Gasteiger partial charge >= 0.3 is 0 Å². The summed E-state index contributed by atoms with van der Waals surface area (Å²) in [6.45, 7) is 6.77. The minimum absolute atomic E-state index is 0.237. The van der Waals surface area contributed by atoms with Crippen LogP contribution in [0.3, 0.4) is 0 Å². The van der Waals surface area contributed by atoms with Gasteiger partial charge in [0, 0.05) is 0 Å². The standard InChI is InChI=1S/C21H24N4O3S/c1-5-27-19-11-16(7-9-18(19)26-4)12-22-25-20(23-24-21(25)29)13-28-17-8-6-14(2)10-15(17)3/h6-12H,5,13H2,1-4H3,(H,24,29)/b22-12-. The lowest BCUT2D eigenvalue weighted by Crippen LogP contribution is -2.05. The molecule has 0 saturated heterocycles. The van der Waals surface area contributed by atoms with Crippen molar-refractivity contribution < 1.29 is 14.2 Å². The van der Waals surface area contributed by atoms with Crippen molar-refractivity contribution in [2.75, 3.05) is 13.7 Å². The summed E-state index contributed by atoms with van der Waals surface area (Å²) in [4.78, 5) is 0. The average Bonchev–Trinajstić information content (AvgIpc) is 3.05. The lowest BCUT2D eigenvalue weighted by molar-refractivity contribution is 0.288. The molecule has 0 fully saturated rings. The third kappa shape index (κ3) is 5.03. The fourth-order valence-electron chi connectivity index (χ4n) is 2.81. The zero-order chi connectivity index (χ0) is 20.8. The highest BCUT2D eigenvalue weighted by atomic mass is 32.1. The van der Waals surface area contributed by atoms with Crippen LogP contribution >= 0.6 is 12.2 Å². The second kappa shape index (κ2) is 9.38. The van der Waals surface area contributed by atoms with Gasteiger partial charge in [-0.3, -0.25) is 0 Å². The van der Waals surface area contributed by atoms with Crippen LogP contribution in [0.2, 0.25) is 0 Å². The van der Waals surface area contributed by atoms with E-state index < -0.39 is 0 Å². The number of aromatic nitrogens is 3. The topological polar surface area (TPSA) is 73.7 Å². The Morgan fingerprint density at radius 1 is 1.10 bits per heavy atom. The first-order valence-electron chi connectivity index (χ1n) is 9.23. The Balaban J connectivity index is 1.79. The second-order valence-electron chi connectivity index (χ2n) is 6.40. The normalized spacial score (nSPS) is 11.0. The quantitative estimate of drug-likeness (QED) is 0.438. The number of benzene rings is 2. The molecule has 2 aromatic carbocycles. The first kappa shape index (κ1) is 20.6. The molecule has 0 aliphatic rings. The number of nitrogens with one attached hydrogen (secondary N) is 1. The molecule has 152 valence electrons. The fraction of sp³-hybridized carbons (Fsp3) is 0.286. The number of aromatic amines is 1. The Morgan fingerprint density at radius 2 is 1.90 bits per heavy atom. The highest BCUT2D eigenvalue weighted by Gasteiger charge is 2.08. The first-order valence-corrected chi connectivity index (χ1v) is 9.64. The van der Waals surface area contributed by atoms with Gasteiger partial charge in [0.25, 0.3) is 0 Å². The molecule has 0 amide bonds. The predicted octanol–water partition coefficient (Wildman–Crippen LogP) is 4.43. The Labute approximate surface area is 174 Å². The molecule has 0 aliphatic heterocycles. The van der Waals surface area contributed by atoms with Gasteiger partial charge in [-0.1, -0.05) is 17.7 Å². The average molecular weight is 413 g/mol. The monoisotopic (exact) mass is 412 g/mol. The lowest BCUT2D eigenvalue weighted by Gasteiger charge is -2.10. The minimum atomic E-state index is 0.237. The zero-order valence-electron chi connectivity index (χ0n) is 16.9. The van der Waals surface area contributed by atoms with Crippen molar-refractivity contribution in [2.24, 2.45) is 5.10 Å². The van der Waals surface area contributed by atoms with E-state index in [4.69, 9.17) is 26.4 Å². The van der Waals surface area contributed by atoms with E-state index in [1.807, 2.05) is 51.1 Å². The Bertz CT molecular complexity index is 1070. The number of H-pyrrole nitrogens is 1. The van der Waals surface area contributed by atoms with E-state index in [9.17, 15) is 0 Å². The summed E-state index contributed by atoms with van der Waals surface area (Å²) in [5.74, 6) is 2.71. The van der Waals surface area contributed by atoms with Crippen LogP contribution in [0.4, 0.5) is 0 Å². The molecule has 0 radical (unpaired) electrons. The molecule has 0 saturated carbocycles. The molecule has 3 aromatic rings. The molecule has 0 aliphatic carbocycles. The largest absolute Gasteiger partial charge is 0.493 e. The summed E-state index contributed by atoms with van der Waals surface area (Å²) in [6, 6.07) is 11.6. The zero-order valence-corrected chi connectivity index (χ0v) is 17.7. The predicted molar refractivity (Wildman–Crippen MR) is 115 cm³/mol. The molecule has 1 N–H and O–H groups in total. The van der Waals surface area contributed by atoms with Gasteiger partial charge in [-0.25, -0.2) is 5.10 Å². The summed E-state index contributed by atoms with van der Waals surface area (Å²) in [5.41, 5.74) is 3.10. The van der Waals surface area contributed by atoms with E-state index >= 15 is 0 Å². The van der Waals surface area contributed by atoms with Crippen LogP contribution in [0, 0.1) is 18.6 Å². The van der Waals surface area contributed by atoms with Gasteiger partial charge in [-0.2, -0.15) is 14.9 Å². The first-order chi connectivity index (χ1) is 14.0. The second-order valence-corrected chi connectivity index (χ2v) is 6.79. The van der Waals surface area contributed by atoms with E-state index in [1.54, 1.807) is 18.0 Å². The summed E-state index contributed by atoms with van der Waals surface area (Å²) >= 11 is 5.30. The summed E-state index contributed by atoms with van der Waals surface area (Å²) in [7, 11) is 1.61. The molecule has 1 heterocycles. The van der Waals surface area contributed by atoms with Gasteiger partial charge in [0.05, 0.1) is 19.9 Å². The smallest absolute Gasteiger partial charge is 0.216 e. The fourth-order valence-corrected chi connectivity index (χ4v) is 3.00. The molecular weight excluding hydrogens is 388 g/mol. The van der Waals surface area contributed by atoms with Gasteiger partial charge in [0.15, 0.2) is 17.3 Å². The third-order valence-electron chi connectivity index (χ3n) is 4.21. The van der Waals surface area contributed by atoms with E-state index in [1.165, 1.54) is 5.56 Å². The van der Waals surface area contributed by atoms with E-state index in [2.05, 4.69) is 21.4 Å². The van der Waals surface area contributed by atoms with Gasteiger partial charge < -0.3 is 14.2 Å². The van der Waals surface area contributed by atoms with Crippen LogP contribution < -0.4 is 14.2 Å². The van der Waals surface area contributed by atoms with E-state index in [0.717, 1.165) is 16.9 Å². The van der Waals surface area contributed by atoms with Crippen LogP contribution in [0.15, 0.2) is 41.5 Å². The van der Waals surface area contributed by atoms with Crippen LogP contribution in [0.1, 0.15) is 29.4 Å². The van der Waals surface area contributed by atoms with Crippen molar-refractivity contribution in [2.45, 2.75) is 27.4 Å². The molecule has 0 unspecified atom stereocenters. The highest BCUT2D eigenvalue weighted by Crippen LogP contribution is 2.27. The van der Waals surface area contributed by atoms with E-state index in [0.29, 0.717) is 28.7 Å². The van der Waals surface area contributed by atoms with Crippen LogP contribution in [-0.4, -0.2) is 34.8 Å². The number of methoxy groups -OCH3 is 1. The SMILES string of the molecule is CCOc1cc(/C=N\n2c(COc3ccc(C)cc3C)n[nH]c2=S)ccc1OC. The number of rotatable bonds is 8.